The number of aryl methyl sites for hydroxylation is 2. The number of ether oxygens (including phenoxy) is 2. The van der Waals surface area contributed by atoms with Gasteiger partial charge >= 0.3 is 5.97 Å². The first-order chi connectivity index (χ1) is 11.9. The Morgan fingerprint density at radius 2 is 1.96 bits per heavy atom. The molecule has 134 valence electrons. The minimum Gasteiger partial charge on any atom is -0.497 e. The van der Waals surface area contributed by atoms with Gasteiger partial charge in [0.2, 0.25) is 0 Å². The van der Waals surface area contributed by atoms with Gasteiger partial charge in [0.15, 0.2) is 11.8 Å². The number of benzene rings is 1. The number of hydrogen-bond donors (Lipinski definition) is 2. The molecule has 2 aromatic rings. The Morgan fingerprint density at radius 3 is 2.48 bits per heavy atom. The number of aliphatic carboxylic acids is 1. The molecule has 0 aliphatic heterocycles. The van der Waals surface area contributed by atoms with Crippen molar-refractivity contribution in [3.63, 3.8) is 0 Å². The smallest absolute Gasteiger partial charge is 0.331 e. The van der Waals surface area contributed by atoms with Gasteiger partial charge < -0.3 is 24.3 Å². The molecule has 0 aliphatic rings. The molecule has 0 aliphatic carbocycles. The average Bonchev–Trinajstić information content (AvgIpc) is 2.99. The molecule has 1 aromatic heterocycles. The van der Waals surface area contributed by atoms with E-state index in [-0.39, 0.29) is 5.76 Å². The molecule has 1 aromatic carbocycles. The fourth-order valence-corrected chi connectivity index (χ4v) is 2.47. The molecular weight excluding hydrogens is 326 g/mol. The molecule has 0 saturated carbocycles. The molecule has 1 amide bonds. The molecule has 0 fully saturated rings. The topological polar surface area (TPSA) is 98.0 Å². The molecular formula is C18H21NO6. The highest BCUT2D eigenvalue weighted by atomic mass is 16.5. The van der Waals surface area contributed by atoms with Gasteiger partial charge in [-0.1, -0.05) is 6.92 Å². The quantitative estimate of drug-likeness (QED) is 0.799. The van der Waals surface area contributed by atoms with Crippen LogP contribution >= 0.6 is 0 Å². The second-order valence-corrected chi connectivity index (χ2v) is 5.43. The molecule has 7 heteroatoms. The summed E-state index contributed by atoms with van der Waals surface area (Å²) >= 11 is 0. The zero-order chi connectivity index (χ0) is 18.6. The van der Waals surface area contributed by atoms with Crippen molar-refractivity contribution in [1.29, 1.82) is 0 Å². The number of carboxylic acid groups (broad SMARTS) is 1. The van der Waals surface area contributed by atoms with Crippen LogP contribution in [0.1, 0.15) is 40.4 Å². The van der Waals surface area contributed by atoms with E-state index in [9.17, 15) is 14.7 Å². The zero-order valence-corrected chi connectivity index (χ0v) is 14.6. The fourth-order valence-electron chi connectivity index (χ4n) is 2.47. The third kappa shape index (κ3) is 3.93. The van der Waals surface area contributed by atoms with Crippen molar-refractivity contribution in [3.05, 3.63) is 46.9 Å². The Bertz CT molecular complexity index is 780. The summed E-state index contributed by atoms with van der Waals surface area (Å²) < 4.78 is 15.8. The van der Waals surface area contributed by atoms with Gasteiger partial charge in [-0.3, -0.25) is 4.79 Å². The minimum absolute atomic E-state index is 0.107. The van der Waals surface area contributed by atoms with E-state index in [0.717, 1.165) is 0 Å². The van der Waals surface area contributed by atoms with Crippen LogP contribution in [0.15, 0.2) is 28.7 Å². The number of amides is 1. The summed E-state index contributed by atoms with van der Waals surface area (Å²) in [5.74, 6) is -0.214. The first-order valence-corrected chi connectivity index (χ1v) is 7.76. The summed E-state index contributed by atoms with van der Waals surface area (Å²) in [6.45, 7) is 3.64. The highest BCUT2D eigenvalue weighted by molar-refractivity contribution is 5.96. The fraction of sp³-hybridized carbons (Fsp3) is 0.333. The maximum Gasteiger partial charge on any atom is 0.331 e. The lowest BCUT2D eigenvalue weighted by atomic mass is 10.0. The lowest BCUT2D eigenvalue weighted by molar-refractivity contribution is -0.139. The first-order valence-electron chi connectivity index (χ1n) is 7.76. The monoisotopic (exact) mass is 347 g/mol. The highest BCUT2D eigenvalue weighted by Crippen LogP contribution is 2.30. The Kier molecular flexibility index (Phi) is 5.69. The molecule has 2 rings (SSSR count). The van der Waals surface area contributed by atoms with E-state index in [1.807, 2.05) is 6.92 Å². The van der Waals surface area contributed by atoms with Gasteiger partial charge in [0, 0.05) is 23.6 Å². The molecule has 0 saturated heterocycles. The van der Waals surface area contributed by atoms with E-state index in [0.29, 0.717) is 34.8 Å². The lowest BCUT2D eigenvalue weighted by Gasteiger charge is -2.18. The summed E-state index contributed by atoms with van der Waals surface area (Å²) in [5.41, 5.74) is 0.962. The first kappa shape index (κ1) is 18.4. The second-order valence-electron chi connectivity index (χ2n) is 5.43. The average molecular weight is 347 g/mol. The molecule has 0 radical (unpaired) electrons. The number of furan rings is 1. The van der Waals surface area contributed by atoms with Crippen molar-refractivity contribution in [1.82, 2.24) is 5.32 Å². The molecule has 2 N–H and O–H groups in total. The largest absolute Gasteiger partial charge is 0.497 e. The van der Waals surface area contributed by atoms with Crippen molar-refractivity contribution in [2.75, 3.05) is 14.2 Å². The minimum atomic E-state index is -1.29. The van der Waals surface area contributed by atoms with Crippen molar-refractivity contribution >= 4 is 11.9 Å². The van der Waals surface area contributed by atoms with Crippen LogP contribution in [0.2, 0.25) is 0 Å². The van der Waals surface area contributed by atoms with Gasteiger partial charge in [0.25, 0.3) is 5.91 Å². The standard InChI is InChI=1S/C18H21NO6/c1-5-11-8-10(2)16(25-11)17(20)19-15(18(21)22)13-7-6-12(23-3)9-14(13)24-4/h6-9,15H,5H2,1-4H3,(H,19,20)(H,21,22). The van der Waals surface area contributed by atoms with E-state index >= 15 is 0 Å². The van der Waals surface area contributed by atoms with Crippen molar-refractivity contribution < 1.29 is 28.6 Å². The van der Waals surface area contributed by atoms with Gasteiger partial charge in [-0.25, -0.2) is 4.79 Å². The maximum absolute atomic E-state index is 12.5. The van der Waals surface area contributed by atoms with Gasteiger partial charge in [-0.15, -0.1) is 0 Å². The number of methoxy groups -OCH3 is 2. The summed E-state index contributed by atoms with van der Waals surface area (Å²) in [7, 11) is 2.92. The number of carbonyl (C=O) groups excluding carboxylic acids is 1. The normalized spacial score (nSPS) is 11.7. The summed E-state index contributed by atoms with van der Waals surface area (Å²) in [6, 6.07) is 5.18. The predicted octanol–water partition coefficient (Wildman–Crippen LogP) is 2.72. The van der Waals surface area contributed by atoms with Gasteiger partial charge in [0.1, 0.15) is 17.3 Å². The number of carboxylic acids is 1. The third-order valence-corrected chi connectivity index (χ3v) is 3.80. The van der Waals surface area contributed by atoms with Gasteiger partial charge in [-0.2, -0.15) is 0 Å². The predicted molar refractivity (Wildman–Crippen MR) is 90.2 cm³/mol. The van der Waals surface area contributed by atoms with Crippen molar-refractivity contribution in [3.8, 4) is 11.5 Å². The van der Waals surface area contributed by atoms with E-state index in [1.54, 1.807) is 31.2 Å². The van der Waals surface area contributed by atoms with Crippen molar-refractivity contribution in [2.45, 2.75) is 26.3 Å². The van der Waals surface area contributed by atoms with E-state index in [4.69, 9.17) is 13.9 Å². The lowest BCUT2D eigenvalue weighted by Crippen LogP contribution is -2.34. The molecule has 1 unspecified atom stereocenters. The summed E-state index contributed by atoms with van der Waals surface area (Å²) in [5, 5.41) is 12.0. The van der Waals surface area contributed by atoms with Crippen LogP contribution in [0.5, 0.6) is 11.5 Å². The Balaban J connectivity index is 2.34. The van der Waals surface area contributed by atoms with Crippen LogP contribution in [0, 0.1) is 6.92 Å². The number of hydrogen-bond acceptors (Lipinski definition) is 5. The van der Waals surface area contributed by atoms with Gasteiger partial charge in [-0.05, 0) is 25.1 Å². The third-order valence-electron chi connectivity index (χ3n) is 3.80. The molecule has 0 bridgehead atoms. The molecule has 25 heavy (non-hydrogen) atoms. The van der Waals surface area contributed by atoms with Crippen LogP contribution in [0.25, 0.3) is 0 Å². The Morgan fingerprint density at radius 1 is 1.24 bits per heavy atom. The number of nitrogens with one attached hydrogen (secondary N) is 1. The summed E-state index contributed by atoms with van der Waals surface area (Å²) in [6.07, 6.45) is 0.642. The summed E-state index contributed by atoms with van der Waals surface area (Å²) in [4.78, 5) is 24.2. The Hall–Kier alpha value is -2.96. The van der Waals surface area contributed by atoms with E-state index in [2.05, 4.69) is 5.32 Å². The number of rotatable bonds is 7. The van der Waals surface area contributed by atoms with Crippen molar-refractivity contribution in [2.24, 2.45) is 0 Å². The van der Waals surface area contributed by atoms with Gasteiger partial charge in [0.05, 0.1) is 14.2 Å². The molecule has 0 spiro atoms. The van der Waals surface area contributed by atoms with Crippen LogP contribution in [-0.2, 0) is 11.2 Å². The van der Waals surface area contributed by atoms with E-state index in [1.165, 1.54) is 14.2 Å². The van der Waals surface area contributed by atoms with Crippen LogP contribution in [0.3, 0.4) is 0 Å². The second kappa shape index (κ2) is 7.74. The molecule has 7 nitrogen and oxygen atoms in total. The number of carbonyl (C=O) groups is 2. The Labute approximate surface area is 145 Å². The zero-order valence-electron chi connectivity index (χ0n) is 14.6. The van der Waals surface area contributed by atoms with Crippen LogP contribution in [-0.4, -0.2) is 31.2 Å². The van der Waals surface area contributed by atoms with Crippen LogP contribution < -0.4 is 14.8 Å². The van der Waals surface area contributed by atoms with E-state index < -0.39 is 17.9 Å². The SMILES string of the molecule is CCc1cc(C)c(C(=O)NC(C(=O)O)c2ccc(OC)cc2OC)o1. The maximum atomic E-state index is 12.5. The van der Waals surface area contributed by atoms with Crippen LogP contribution in [0.4, 0.5) is 0 Å². The highest BCUT2D eigenvalue weighted by Gasteiger charge is 2.28. The molecule has 1 heterocycles. The molecule has 1 atom stereocenters.